The number of methoxy groups -OCH3 is 1. The molecule has 1 aromatic rings. The van der Waals surface area contributed by atoms with Crippen molar-refractivity contribution in [3.63, 3.8) is 0 Å². The molecule has 112 valence electrons. The molecule has 4 heteroatoms. The van der Waals surface area contributed by atoms with Gasteiger partial charge >= 0.3 is 0 Å². The molecule has 1 aromatic carbocycles. The number of hydrogen-bond acceptors (Lipinski definition) is 3. The minimum atomic E-state index is 0.0855. The number of carbonyl (C=O) groups excluding carboxylic acids is 1. The maximum absolute atomic E-state index is 11.6. The number of para-hydroxylation sites is 1. The molecule has 0 fully saturated rings. The minimum absolute atomic E-state index is 0.0855. The molecule has 1 rings (SSSR count). The second kappa shape index (κ2) is 8.59. The molecule has 4 nitrogen and oxygen atoms in total. The summed E-state index contributed by atoms with van der Waals surface area (Å²) in [5, 5.41) is 6.32. The predicted molar refractivity (Wildman–Crippen MR) is 81.9 cm³/mol. The molecule has 0 radical (unpaired) electrons. The summed E-state index contributed by atoms with van der Waals surface area (Å²) in [6.07, 6.45) is 1.44. The highest BCUT2D eigenvalue weighted by atomic mass is 16.5. The zero-order chi connectivity index (χ0) is 15.0. The van der Waals surface area contributed by atoms with Crippen molar-refractivity contribution in [2.24, 2.45) is 0 Å². The third-order valence-corrected chi connectivity index (χ3v) is 3.12. The first-order chi connectivity index (χ1) is 9.58. The van der Waals surface area contributed by atoms with Gasteiger partial charge in [-0.15, -0.1) is 0 Å². The van der Waals surface area contributed by atoms with E-state index in [1.54, 1.807) is 7.11 Å². The Balaban J connectivity index is 2.53. The number of ether oxygens (including phenoxy) is 1. The van der Waals surface area contributed by atoms with Crippen LogP contribution in [0.15, 0.2) is 24.3 Å². The fraction of sp³-hybridized carbons (Fsp3) is 0.562. The zero-order valence-corrected chi connectivity index (χ0v) is 12.9. The Morgan fingerprint density at radius 3 is 2.60 bits per heavy atom. The maximum Gasteiger partial charge on any atom is 0.221 e. The number of rotatable bonds is 8. The predicted octanol–water partition coefficient (Wildman–Crippen LogP) is 2.65. The zero-order valence-electron chi connectivity index (χ0n) is 12.9. The second-order valence-corrected chi connectivity index (χ2v) is 5.13. The summed E-state index contributed by atoms with van der Waals surface area (Å²) in [5.74, 6) is 0.973. The summed E-state index contributed by atoms with van der Waals surface area (Å²) in [4.78, 5) is 11.6. The number of nitrogens with one attached hydrogen (secondary N) is 2. The Morgan fingerprint density at radius 2 is 2.00 bits per heavy atom. The fourth-order valence-electron chi connectivity index (χ4n) is 2.18. The molecule has 0 saturated heterocycles. The molecule has 0 heterocycles. The largest absolute Gasteiger partial charge is 0.496 e. The smallest absolute Gasteiger partial charge is 0.221 e. The lowest BCUT2D eigenvalue weighted by Crippen LogP contribution is -2.33. The first-order valence-electron chi connectivity index (χ1n) is 7.24. The van der Waals surface area contributed by atoms with E-state index in [0.29, 0.717) is 13.0 Å². The quantitative estimate of drug-likeness (QED) is 0.768. The average molecular weight is 278 g/mol. The molecule has 0 aromatic heterocycles. The van der Waals surface area contributed by atoms with Crippen LogP contribution in [0.4, 0.5) is 0 Å². The minimum Gasteiger partial charge on any atom is -0.496 e. The van der Waals surface area contributed by atoms with Crippen LogP contribution in [0.5, 0.6) is 5.75 Å². The third-order valence-electron chi connectivity index (χ3n) is 3.12. The molecule has 0 spiro atoms. The van der Waals surface area contributed by atoms with Crippen LogP contribution >= 0.6 is 0 Å². The Bertz CT molecular complexity index is 419. The van der Waals surface area contributed by atoms with Crippen LogP contribution in [-0.2, 0) is 4.79 Å². The van der Waals surface area contributed by atoms with Gasteiger partial charge in [0.1, 0.15) is 5.75 Å². The topological polar surface area (TPSA) is 50.4 Å². The third kappa shape index (κ3) is 5.21. The van der Waals surface area contributed by atoms with E-state index in [9.17, 15) is 4.79 Å². The van der Waals surface area contributed by atoms with E-state index in [4.69, 9.17) is 4.74 Å². The van der Waals surface area contributed by atoms with Crippen LogP contribution < -0.4 is 15.4 Å². The summed E-state index contributed by atoms with van der Waals surface area (Å²) < 4.78 is 5.39. The number of benzene rings is 1. The standard InChI is InChI=1S/C16H26N2O2/c1-5-14(13-8-6-7-9-15(13)20-4)17-11-10-16(19)18-12(2)3/h6-9,12,14,17H,5,10-11H2,1-4H3,(H,18,19). The van der Waals surface area contributed by atoms with Crippen molar-refractivity contribution in [2.75, 3.05) is 13.7 Å². The van der Waals surface area contributed by atoms with Gasteiger partial charge in [-0.3, -0.25) is 4.79 Å². The van der Waals surface area contributed by atoms with Crippen LogP contribution in [0, 0.1) is 0 Å². The highest BCUT2D eigenvalue weighted by Gasteiger charge is 2.13. The highest BCUT2D eigenvalue weighted by molar-refractivity contribution is 5.76. The molecule has 0 aliphatic heterocycles. The van der Waals surface area contributed by atoms with Gasteiger partial charge in [0.25, 0.3) is 0 Å². The molecule has 1 atom stereocenters. The van der Waals surface area contributed by atoms with Crippen molar-refractivity contribution in [1.29, 1.82) is 0 Å². The normalized spacial score (nSPS) is 12.2. The summed E-state index contributed by atoms with van der Waals surface area (Å²) >= 11 is 0. The molecular weight excluding hydrogens is 252 g/mol. The van der Waals surface area contributed by atoms with E-state index < -0.39 is 0 Å². The van der Waals surface area contributed by atoms with Gasteiger partial charge in [0.15, 0.2) is 0 Å². The average Bonchev–Trinajstić information content (AvgIpc) is 2.43. The van der Waals surface area contributed by atoms with Crippen molar-refractivity contribution in [1.82, 2.24) is 10.6 Å². The van der Waals surface area contributed by atoms with Crippen molar-refractivity contribution in [3.8, 4) is 5.75 Å². The number of hydrogen-bond donors (Lipinski definition) is 2. The van der Waals surface area contributed by atoms with Crippen molar-refractivity contribution < 1.29 is 9.53 Å². The van der Waals surface area contributed by atoms with Crippen LogP contribution in [0.25, 0.3) is 0 Å². The molecule has 0 aliphatic rings. The summed E-state index contributed by atoms with van der Waals surface area (Å²) in [5.41, 5.74) is 1.14. The van der Waals surface area contributed by atoms with E-state index in [0.717, 1.165) is 17.7 Å². The molecular formula is C16H26N2O2. The first-order valence-corrected chi connectivity index (χ1v) is 7.24. The van der Waals surface area contributed by atoms with E-state index in [-0.39, 0.29) is 18.0 Å². The Kier molecular flexibility index (Phi) is 7.09. The van der Waals surface area contributed by atoms with Gasteiger partial charge in [0.05, 0.1) is 7.11 Å². The Morgan fingerprint density at radius 1 is 1.30 bits per heavy atom. The number of amides is 1. The van der Waals surface area contributed by atoms with Crippen molar-refractivity contribution in [2.45, 2.75) is 45.7 Å². The summed E-state index contributed by atoms with van der Waals surface area (Å²) in [6.45, 7) is 6.72. The van der Waals surface area contributed by atoms with Gasteiger partial charge < -0.3 is 15.4 Å². The lowest BCUT2D eigenvalue weighted by Gasteiger charge is -2.20. The van der Waals surface area contributed by atoms with Gasteiger partial charge in [-0.1, -0.05) is 25.1 Å². The maximum atomic E-state index is 11.6. The van der Waals surface area contributed by atoms with Gasteiger partial charge in [0.2, 0.25) is 5.91 Å². The van der Waals surface area contributed by atoms with Gasteiger partial charge in [-0.2, -0.15) is 0 Å². The van der Waals surface area contributed by atoms with Crippen molar-refractivity contribution >= 4 is 5.91 Å². The molecule has 1 unspecified atom stereocenters. The summed E-state index contributed by atoms with van der Waals surface area (Å²) in [7, 11) is 1.68. The monoisotopic (exact) mass is 278 g/mol. The van der Waals surface area contributed by atoms with Crippen LogP contribution in [0.3, 0.4) is 0 Å². The fourth-order valence-corrected chi connectivity index (χ4v) is 2.18. The van der Waals surface area contributed by atoms with Crippen LogP contribution in [0.2, 0.25) is 0 Å². The second-order valence-electron chi connectivity index (χ2n) is 5.13. The van der Waals surface area contributed by atoms with Crippen molar-refractivity contribution in [3.05, 3.63) is 29.8 Å². The highest BCUT2D eigenvalue weighted by Crippen LogP contribution is 2.26. The van der Waals surface area contributed by atoms with Crippen LogP contribution in [-0.4, -0.2) is 25.6 Å². The van der Waals surface area contributed by atoms with E-state index >= 15 is 0 Å². The molecule has 0 bridgehead atoms. The van der Waals surface area contributed by atoms with Crippen LogP contribution in [0.1, 0.15) is 45.2 Å². The molecule has 1 amide bonds. The van der Waals surface area contributed by atoms with Gasteiger partial charge in [-0.25, -0.2) is 0 Å². The molecule has 0 saturated carbocycles. The lowest BCUT2D eigenvalue weighted by atomic mass is 10.0. The van der Waals surface area contributed by atoms with E-state index in [2.05, 4.69) is 23.6 Å². The Labute approximate surface area is 121 Å². The summed E-state index contributed by atoms with van der Waals surface area (Å²) in [6, 6.07) is 8.40. The van der Waals surface area contributed by atoms with E-state index in [1.165, 1.54) is 0 Å². The first kappa shape index (κ1) is 16.5. The Hall–Kier alpha value is -1.55. The van der Waals surface area contributed by atoms with Gasteiger partial charge in [-0.05, 0) is 26.3 Å². The molecule has 20 heavy (non-hydrogen) atoms. The molecule has 2 N–H and O–H groups in total. The van der Waals surface area contributed by atoms with E-state index in [1.807, 2.05) is 32.0 Å². The SMILES string of the molecule is CCC(NCCC(=O)NC(C)C)c1ccccc1OC. The lowest BCUT2D eigenvalue weighted by molar-refractivity contribution is -0.121. The number of carbonyl (C=O) groups is 1. The molecule has 0 aliphatic carbocycles. The van der Waals surface area contributed by atoms with Gasteiger partial charge in [0, 0.05) is 30.6 Å².